The number of hydrogen-bond donors (Lipinski definition) is 2. The lowest BCUT2D eigenvalue weighted by molar-refractivity contribution is 0.0251. The third-order valence-electron chi connectivity index (χ3n) is 5.14. The lowest BCUT2D eigenvalue weighted by atomic mass is 9.92. The predicted molar refractivity (Wildman–Crippen MR) is 89.1 cm³/mol. The van der Waals surface area contributed by atoms with Gasteiger partial charge in [0.15, 0.2) is 0 Å². The first kappa shape index (κ1) is 14.0. The first-order valence-electron chi connectivity index (χ1n) is 7.21. The molecule has 2 fully saturated rings. The maximum absolute atomic E-state index is 11.2. The van der Waals surface area contributed by atoms with E-state index in [1.165, 1.54) is 6.33 Å². The van der Waals surface area contributed by atoms with Crippen molar-refractivity contribution in [2.45, 2.75) is 43.2 Å². The smallest absolute Gasteiger partial charge is 0.405 e. The Morgan fingerprint density at radius 1 is 1.32 bits per heavy atom. The molecule has 2 aromatic rings. The van der Waals surface area contributed by atoms with E-state index in [-0.39, 0.29) is 5.54 Å². The fraction of sp³-hybridized carbons (Fsp3) is 0.500. The van der Waals surface area contributed by atoms with Gasteiger partial charge in [-0.1, -0.05) is 0 Å². The molecule has 22 heavy (non-hydrogen) atoms. The molecule has 0 aromatic carbocycles. The first-order valence-corrected chi connectivity index (χ1v) is 8.29. The number of hydrogen-bond acceptors (Lipinski definition) is 5. The number of fused-ring (bicyclic) bond motifs is 3. The maximum Gasteiger partial charge on any atom is 0.405 e. The zero-order valence-electron chi connectivity index (χ0n) is 11.9. The molecule has 2 aromatic heterocycles. The number of nitrogens with two attached hydrogens (primary N) is 2. The fourth-order valence-electron chi connectivity index (χ4n) is 4.20. The standard InChI is InChI=1S/C14H16IN5O2/c15-8-5-20(11-9(8)10(16)18-7-19-11)13-1-3-14(6-13,4-2-13)22-12(17)21/h5,7H,1-4,6H2,(H2,17,21)(H2,16,18,19). The summed E-state index contributed by atoms with van der Waals surface area (Å²) >= 11 is 2.26. The minimum Gasteiger partial charge on any atom is -0.443 e. The Hall–Kier alpha value is -1.58. The van der Waals surface area contributed by atoms with Crippen LogP contribution in [0.4, 0.5) is 10.6 Å². The van der Waals surface area contributed by atoms with Crippen molar-refractivity contribution in [1.82, 2.24) is 14.5 Å². The summed E-state index contributed by atoms with van der Waals surface area (Å²) in [5, 5.41) is 0.901. The van der Waals surface area contributed by atoms with E-state index in [0.29, 0.717) is 5.82 Å². The van der Waals surface area contributed by atoms with Gasteiger partial charge in [-0.05, 0) is 48.3 Å². The van der Waals surface area contributed by atoms with Gasteiger partial charge < -0.3 is 20.8 Å². The fourth-order valence-corrected chi connectivity index (χ4v) is 5.00. The van der Waals surface area contributed by atoms with Crippen LogP contribution < -0.4 is 11.5 Å². The van der Waals surface area contributed by atoms with Crippen LogP contribution in [0.25, 0.3) is 11.0 Å². The summed E-state index contributed by atoms with van der Waals surface area (Å²) in [4.78, 5) is 19.7. The Morgan fingerprint density at radius 3 is 2.73 bits per heavy atom. The van der Waals surface area contributed by atoms with Crippen LogP contribution in [0.15, 0.2) is 12.5 Å². The lowest BCUT2D eigenvalue weighted by Gasteiger charge is -2.29. The lowest BCUT2D eigenvalue weighted by Crippen LogP contribution is -2.32. The minimum atomic E-state index is -0.684. The van der Waals surface area contributed by atoms with Gasteiger partial charge in [-0.3, -0.25) is 0 Å². The molecule has 7 nitrogen and oxygen atoms in total. The number of halogens is 1. The van der Waals surface area contributed by atoms with E-state index in [2.05, 4.69) is 43.3 Å². The summed E-state index contributed by atoms with van der Waals surface area (Å²) in [5.41, 5.74) is 11.6. The molecule has 0 atom stereocenters. The molecule has 2 aliphatic carbocycles. The predicted octanol–water partition coefficient (Wildman–Crippen LogP) is 2.13. The molecule has 0 saturated heterocycles. The van der Waals surface area contributed by atoms with Crippen molar-refractivity contribution in [2.24, 2.45) is 5.73 Å². The number of carbonyl (C=O) groups excluding carboxylic acids is 1. The van der Waals surface area contributed by atoms with E-state index >= 15 is 0 Å². The molecular formula is C14H16IN5O2. The molecule has 0 unspecified atom stereocenters. The van der Waals surface area contributed by atoms with Crippen LogP contribution in [0.3, 0.4) is 0 Å². The average Bonchev–Trinajstić information content (AvgIpc) is 3.09. The van der Waals surface area contributed by atoms with Gasteiger partial charge in [-0.15, -0.1) is 0 Å². The van der Waals surface area contributed by atoms with Gasteiger partial charge in [0, 0.05) is 16.2 Å². The zero-order valence-corrected chi connectivity index (χ0v) is 14.0. The van der Waals surface area contributed by atoms with E-state index < -0.39 is 11.7 Å². The Bertz CT molecular complexity index is 779. The van der Waals surface area contributed by atoms with Gasteiger partial charge in [0.1, 0.15) is 23.4 Å². The second-order valence-electron chi connectivity index (χ2n) is 6.31. The molecule has 4 rings (SSSR count). The van der Waals surface area contributed by atoms with E-state index in [0.717, 1.165) is 46.7 Å². The summed E-state index contributed by atoms with van der Waals surface area (Å²) in [6.45, 7) is 0. The van der Waals surface area contributed by atoms with E-state index in [4.69, 9.17) is 16.2 Å². The number of aromatic nitrogens is 3. The summed E-state index contributed by atoms with van der Waals surface area (Å²) < 4.78 is 8.70. The summed E-state index contributed by atoms with van der Waals surface area (Å²) in [6, 6.07) is 0. The first-order chi connectivity index (χ1) is 10.4. The van der Waals surface area contributed by atoms with Crippen LogP contribution in [-0.4, -0.2) is 26.2 Å². The second-order valence-corrected chi connectivity index (χ2v) is 7.47. The second kappa shape index (κ2) is 4.46. The number of ether oxygens (including phenoxy) is 1. The molecule has 2 bridgehead atoms. The average molecular weight is 413 g/mol. The quantitative estimate of drug-likeness (QED) is 0.734. The molecule has 116 valence electrons. The van der Waals surface area contributed by atoms with Gasteiger partial charge in [-0.25, -0.2) is 14.8 Å². The third kappa shape index (κ3) is 1.82. The molecule has 0 radical (unpaired) electrons. The Kier molecular flexibility index (Phi) is 2.85. The molecule has 0 aliphatic heterocycles. The molecular weight excluding hydrogens is 397 g/mol. The minimum absolute atomic E-state index is 0.0715. The summed E-state index contributed by atoms with van der Waals surface area (Å²) in [7, 11) is 0. The van der Waals surface area contributed by atoms with E-state index in [1.54, 1.807) is 0 Å². The van der Waals surface area contributed by atoms with Crippen LogP contribution in [0, 0.1) is 3.57 Å². The van der Waals surface area contributed by atoms with Crippen LogP contribution in [-0.2, 0) is 10.3 Å². The zero-order chi connectivity index (χ0) is 15.5. The topological polar surface area (TPSA) is 109 Å². The molecule has 2 saturated carbocycles. The molecule has 2 heterocycles. The number of anilines is 1. The number of rotatable bonds is 2. The number of primary amides is 1. The molecule has 1 amide bonds. The highest BCUT2D eigenvalue weighted by molar-refractivity contribution is 14.1. The summed E-state index contributed by atoms with van der Waals surface area (Å²) in [6.07, 6.45) is 7.26. The summed E-state index contributed by atoms with van der Waals surface area (Å²) in [5.74, 6) is 0.500. The van der Waals surface area contributed by atoms with Crippen molar-refractivity contribution in [2.75, 3.05) is 5.73 Å². The number of nitrogens with zero attached hydrogens (tertiary/aromatic N) is 3. The monoisotopic (exact) mass is 413 g/mol. The third-order valence-corrected chi connectivity index (χ3v) is 5.96. The largest absolute Gasteiger partial charge is 0.443 e. The van der Waals surface area contributed by atoms with Crippen LogP contribution in [0.1, 0.15) is 32.1 Å². The van der Waals surface area contributed by atoms with Crippen molar-refractivity contribution in [3.05, 3.63) is 16.1 Å². The maximum atomic E-state index is 11.2. The van der Waals surface area contributed by atoms with Crippen LogP contribution in [0.5, 0.6) is 0 Å². The van der Waals surface area contributed by atoms with Gasteiger partial charge in [0.05, 0.1) is 10.9 Å². The SMILES string of the molecule is NC(=O)OC12CCC(n3cc(I)c4c(N)ncnc43)(CC1)C2. The van der Waals surface area contributed by atoms with Crippen molar-refractivity contribution in [3.63, 3.8) is 0 Å². The highest BCUT2D eigenvalue weighted by atomic mass is 127. The Labute approximate surface area is 140 Å². The molecule has 0 spiro atoms. The van der Waals surface area contributed by atoms with Gasteiger partial charge in [0.2, 0.25) is 0 Å². The van der Waals surface area contributed by atoms with Gasteiger partial charge >= 0.3 is 6.09 Å². The number of amides is 1. The van der Waals surface area contributed by atoms with Crippen molar-refractivity contribution in [1.29, 1.82) is 0 Å². The van der Waals surface area contributed by atoms with Crippen LogP contribution in [0.2, 0.25) is 0 Å². The van der Waals surface area contributed by atoms with Gasteiger partial charge in [-0.2, -0.15) is 0 Å². The van der Waals surface area contributed by atoms with E-state index in [1.807, 2.05) is 0 Å². The highest BCUT2D eigenvalue weighted by Gasteiger charge is 2.58. The number of carbonyl (C=O) groups is 1. The highest BCUT2D eigenvalue weighted by Crippen LogP contribution is 2.57. The van der Waals surface area contributed by atoms with Crippen molar-refractivity contribution >= 4 is 45.5 Å². The Morgan fingerprint density at radius 2 is 2.05 bits per heavy atom. The molecule has 2 aliphatic rings. The van der Waals surface area contributed by atoms with Gasteiger partial charge in [0.25, 0.3) is 0 Å². The molecule has 8 heteroatoms. The molecule has 4 N–H and O–H groups in total. The Balaban J connectivity index is 1.81. The number of nitrogen functional groups attached to an aromatic ring is 1. The normalized spacial score (nSPS) is 30.0. The van der Waals surface area contributed by atoms with E-state index in [9.17, 15) is 4.79 Å². The van der Waals surface area contributed by atoms with Crippen molar-refractivity contribution in [3.8, 4) is 0 Å². The van der Waals surface area contributed by atoms with Crippen molar-refractivity contribution < 1.29 is 9.53 Å². The van der Waals surface area contributed by atoms with Crippen LogP contribution >= 0.6 is 22.6 Å².